The second kappa shape index (κ2) is 8.47. The van der Waals surface area contributed by atoms with E-state index in [1.54, 1.807) is 6.07 Å². The zero-order valence-corrected chi connectivity index (χ0v) is 22.5. The molecular formula is C34H42N+. The van der Waals surface area contributed by atoms with Crippen molar-refractivity contribution in [1.82, 2.24) is 0 Å². The van der Waals surface area contributed by atoms with E-state index in [2.05, 4.69) is 82.5 Å². The SMILES string of the molecule is [2H]C([2H])([2H])c1cccc2c1c(C1([2H])CCC(C)(C)CC1)cc(-c1cc(C(C)(C)C)c3ccccc3c1C)[n+]2C. The topological polar surface area (TPSA) is 3.88 Å². The van der Waals surface area contributed by atoms with Crippen molar-refractivity contribution in [2.75, 3.05) is 0 Å². The van der Waals surface area contributed by atoms with E-state index in [1.807, 2.05) is 19.2 Å². The zero-order chi connectivity index (χ0) is 28.5. The third kappa shape index (κ3) is 4.18. The number of hydrogen-bond donors (Lipinski definition) is 0. The van der Waals surface area contributed by atoms with E-state index in [0.717, 1.165) is 53.4 Å². The number of nitrogens with zero attached hydrogens (tertiary/aromatic N) is 1. The number of benzene rings is 3. The predicted octanol–water partition coefficient (Wildman–Crippen LogP) is 9.08. The fraction of sp³-hybridized carbons (Fsp3) is 0.441. The van der Waals surface area contributed by atoms with E-state index in [1.165, 1.54) is 21.9 Å². The molecule has 1 heteroatoms. The van der Waals surface area contributed by atoms with Crippen LogP contribution < -0.4 is 4.57 Å². The van der Waals surface area contributed by atoms with Crippen LogP contribution in [0.4, 0.5) is 0 Å². The minimum Gasteiger partial charge on any atom is -0.194 e. The maximum atomic E-state index is 9.78. The van der Waals surface area contributed by atoms with Crippen LogP contribution in [0.25, 0.3) is 32.9 Å². The van der Waals surface area contributed by atoms with Crippen LogP contribution in [0.5, 0.6) is 0 Å². The number of aryl methyl sites for hydroxylation is 3. The van der Waals surface area contributed by atoms with Crippen molar-refractivity contribution in [1.29, 1.82) is 0 Å². The molecule has 1 heterocycles. The molecule has 0 atom stereocenters. The number of rotatable bonds is 2. The van der Waals surface area contributed by atoms with Crippen molar-refractivity contribution < 1.29 is 10.1 Å². The summed E-state index contributed by atoms with van der Waals surface area (Å²) in [4.78, 5) is 0. The van der Waals surface area contributed by atoms with Gasteiger partial charge in [0.25, 0.3) is 0 Å². The van der Waals surface area contributed by atoms with E-state index in [-0.39, 0.29) is 10.8 Å². The summed E-state index contributed by atoms with van der Waals surface area (Å²) in [5, 5.41) is 3.23. The van der Waals surface area contributed by atoms with Gasteiger partial charge in [0, 0.05) is 23.2 Å². The summed E-state index contributed by atoms with van der Waals surface area (Å²) in [7, 11) is 2.04. The Balaban J connectivity index is 1.90. The van der Waals surface area contributed by atoms with E-state index < -0.39 is 12.7 Å². The number of aromatic nitrogens is 1. The molecule has 5 rings (SSSR count). The highest BCUT2D eigenvalue weighted by atomic mass is 14.9. The van der Waals surface area contributed by atoms with Crippen LogP contribution in [0.1, 0.15) is 93.9 Å². The van der Waals surface area contributed by atoms with Crippen LogP contribution in [-0.2, 0) is 12.5 Å². The van der Waals surface area contributed by atoms with E-state index in [0.29, 0.717) is 5.56 Å². The first-order valence-electron chi connectivity index (χ1n) is 15.0. The Hall–Kier alpha value is -2.67. The lowest BCUT2D eigenvalue weighted by molar-refractivity contribution is -0.633. The first-order chi connectivity index (χ1) is 18.0. The van der Waals surface area contributed by atoms with Crippen molar-refractivity contribution in [3.8, 4) is 11.3 Å². The molecule has 0 bridgehead atoms. The Bertz CT molecular complexity index is 1580. The van der Waals surface area contributed by atoms with E-state index in [9.17, 15) is 1.37 Å². The molecule has 1 aliphatic carbocycles. The second-order valence-corrected chi connectivity index (χ2v) is 12.4. The van der Waals surface area contributed by atoms with Crippen molar-refractivity contribution in [3.63, 3.8) is 0 Å². The summed E-state index contributed by atoms with van der Waals surface area (Å²) in [6, 6.07) is 18.7. The number of hydrogen-bond acceptors (Lipinski definition) is 0. The lowest BCUT2D eigenvalue weighted by Gasteiger charge is -2.35. The lowest BCUT2D eigenvalue weighted by atomic mass is 9.70. The van der Waals surface area contributed by atoms with Crippen LogP contribution in [0.15, 0.2) is 54.6 Å². The first-order valence-corrected chi connectivity index (χ1v) is 13.0. The second-order valence-electron chi connectivity index (χ2n) is 12.4. The molecule has 0 amide bonds. The van der Waals surface area contributed by atoms with Gasteiger partial charge in [0.1, 0.15) is 7.05 Å². The first kappa shape index (κ1) is 19.5. The Morgan fingerprint density at radius 1 is 0.971 bits per heavy atom. The predicted molar refractivity (Wildman–Crippen MR) is 151 cm³/mol. The van der Waals surface area contributed by atoms with Gasteiger partial charge in [0.2, 0.25) is 11.2 Å². The lowest BCUT2D eigenvalue weighted by Crippen LogP contribution is -2.33. The van der Waals surface area contributed by atoms with Crippen LogP contribution >= 0.6 is 0 Å². The zero-order valence-electron chi connectivity index (χ0n) is 26.5. The number of pyridine rings is 1. The average molecular weight is 469 g/mol. The molecule has 0 N–H and O–H groups in total. The van der Waals surface area contributed by atoms with Gasteiger partial charge >= 0.3 is 0 Å². The highest BCUT2D eigenvalue weighted by Gasteiger charge is 2.32. The minimum atomic E-state index is -2.26. The summed E-state index contributed by atoms with van der Waals surface area (Å²) < 4.78 is 37.0. The Labute approximate surface area is 217 Å². The minimum absolute atomic E-state index is 0.0552. The maximum Gasteiger partial charge on any atom is 0.213 e. The summed E-state index contributed by atoms with van der Waals surface area (Å²) in [6.45, 7) is 11.3. The summed E-state index contributed by atoms with van der Waals surface area (Å²) in [6.07, 6.45) is 3.35. The van der Waals surface area contributed by atoms with Crippen LogP contribution in [0.3, 0.4) is 0 Å². The van der Waals surface area contributed by atoms with Crippen LogP contribution in [0.2, 0.25) is 0 Å². The monoisotopic (exact) mass is 468 g/mol. The fourth-order valence-corrected chi connectivity index (χ4v) is 5.98. The van der Waals surface area contributed by atoms with Gasteiger partial charge in [0.05, 0.1) is 5.39 Å². The molecule has 0 saturated heterocycles. The van der Waals surface area contributed by atoms with Crippen LogP contribution in [0, 0.1) is 19.2 Å². The van der Waals surface area contributed by atoms with Gasteiger partial charge in [-0.05, 0) is 95.3 Å². The molecule has 182 valence electrons. The van der Waals surface area contributed by atoms with Gasteiger partial charge in [-0.2, -0.15) is 4.57 Å². The molecule has 35 heavy (non-hydrogen) atoms. The summed E-state index contributed by atoms with van der Waals surface area (Å²) >= 11 is 0. The molecule has 1 nitrogen and oxygen atoms in total. The molecule has 1 aliphatic rings. The van der Waals surface area contributed by atoms with Crippen molar-refractivity contribution >= 4 is 21.7 Å². The standard InChI is InChI=1S/C34H42N/c1-22-12-11-15-30-32(22)28(24-16-18-34(6,7)19-17-24)21-31(35(30)8)27-20-29(33(3,4)5)26-14-10-9-13-25(26)23(27)2/h9-15,20-21,24H,16-19H2,1-8H3/q+1/i1D3,24D. The Kier molecular flexibility index (Phi) is 4.72. The third-order valence-electron chi connectivity index (χ3n) is 8.30. The van der Waals surface area contributed by atoms with Crippen molar-refractivity contribution in [3.05, 3.63) is 76.9 Å². The maximum absolute atomic E-state index is 9.78. The average Bonchev–Trinajstić information content (AvgIpc) is 2.85. The molecule has 1 aromatic heterocycles. The third-order valence-corrected chi connectivity index (χ3v) is 8.30. The van der Waals surface area contributed by atoms with Gasteiger partial charge in [0.15, 0.2) is 0 Å². The molecule has 3 aromatic carbocycles. The van der Waals surface area contributed by atoms with Gasteiger partial charge in [-0.15, -0.1) is 0 Å². The smallest absolute Gasteiger partial charge is 0.194 e. The van der Waals surface area contributed by atoms with Gasteiger partial charge < -0.3 is 0 Å². The molecule has 1 saturated carbocycles. The number of fused-ring (bicyclic) bond motifs is 2. The molecule has 0 spiro atoms. The van der Waals surface area contributed by atoms with Crippen LogP contribution in [-0.4, -0.2) is 0 Å². The van der Waals surface area contributed by atoms with Gasteiger partial charge in [-0.1, -0.05) is 71.0 Å². The Morgan fingerprint density at radius 3 is 2.31 bits per heavy atom. The van der Waals surface area contributed by atoms with E-state index in [4.69, 9.17) is 4.11 Å². The van der Waals surface area contributed by atoms with E-state index >= 15 is 0 Å². The van der Waals surface area contributed by atoms with Crippen molar-refractivity contribution in [2.24, 2.45) is 12.5 Å². The molecule has 0 aliphatic heterocycles. The Morgan fingerprint density at radius 2 is 1.66 bits per heavy atom. The summed E-state index contributed by atoms with van der Waals surface area (Å²) in [5.74, 6) is -0.838. The van der Waals surface area contributed by atoms with Crippen molar-refractivity contribution in [2.45, 2.75) is 85.4 Å². The molecule has 4 aromatic rings. The summed E-state index contributed by atoms with van der Waals surface area (Å²) in [5.41, 5.74) is 6.89. The quantitative estimate of drug-likeness (QED) is 0.258. The van der Waals surface area contributed by atoms with Gasteiger partial charge in [-0.3, -0.25) is 0 Å². The molecular weight excluding hydrogens is 422 g/mol. The fourth-order valence-electron chi connectivity index (χ4n) is 5.98. The molecule has 0 radical (unpaired) electrons. The molecule has 1 fully saturated rings. The van der Waals surface area contributed by atoms with Gasteiger partial charge in [-0.25, -0.2) is 0 Å². The largest absolute Gasteiger partial charge is 0.213 e. The highest BCUT2D eigenvalue weighted by molar-refractivity contribution is 5.95. The molecule has 0 unspecified atom stereocenters. The normalized spacial score (nSPS) is 19.7. The highest BCUT2D eigenvalue weighted by Crippen LogP contribution is 2.45.